The fraction of sp³-hybridized carbons (Fsp3) is 0.467. The SMILES string of the molecule is CN(C(=O)NCC1(C(=O)O)CCCC1)c1ccccc1. The van der Waals surface area contributed by atoms with Crippen molar-refractivity contribution in [3.05, 3.63) is 30.3 Å². The third-order valence-electron chi connectivity index (χ3n) is 4.04. The zero-order valence-electron chi connectivity index (χ0n) is 11.6. The smallest absolute Gasteiger partial charge is 0.321 e. The van der Waals surface area contributed by atoms with Crippen LogP contribution >= 0.6 is 0 Å². The highest BCUT2D eigenvalue weighted by Gasteiger charge is 2.41. The summed E-state index contributed by atoms with van der Waals surface area (Å²) in [5.41, 5.74) is -0.00602. The highest BCUT2D eigenvalue weighted by Crippen LogP contribution is 2.37. The van der Waals surface area contributed by atoms with Crippen LogP contribution in [-0.4, -0.2) is 30.7 Å². The van der Waals surface area contributed by atoms with Gasteiger partial charge in [0.2, 0.25) is 0 Å². The predicted molar refractivity (Wildman–Crippen MR) is 76.8 cm³/mol. The van der Waals surface area contributed by atoms with Crippen molar-refractivity contribution in [2.45, 2.75) is 25.7 Å². The number of carbonyl (C=O) groups is 2. The number of para-hydroxylation sites is 1. The van der Waals surface area contributed by atoms with E-state index < -0.39 is 11.4 Å². The van der Waals surface area contributed by atoms with Crippen molar-refractivity contribution in [2.75, 3.05) is 18.5 Å². The van der Waals surface area contributed by atoms with Crippen molar-refractivity contribution in [1.82, 2.24) is 5.32 Å². The number of aliphatic carboxylic acids is 1. The fourth-order valence-electron chi connectivity index (χ4n) is 2.65. The maximum absolute atomic E-state index is 12.1. The van der Waals surface area contributed by atoms with Crippen LogP contribution in [0, 0.1) is 5.41 Å². The molecule has 20 heavy (non-hydrogen) atoms. The minimum Gasteiger partial charge on any atom is -0.481 e. The number of nitrogens with one attached hydrogen (secondary N) is 1. The topological polar surface area (TPSA) is 69.6 Å². The monoisotopic (exact) mass is 276 g/mol. The lowest BCUT2D eigenvalue weighted by molar-refractivity contribution is -0.148. The van der Waals surface area contributed by atoms with Gasteiger partial charge >= 0.3 is 12.0 Å². The molecule has 0 unspecified atom stereocenters. The van der Waals surface area contributed by atoms with Gasteiger partial charge in [-0.3, -0.25) is 9.69 Å². The van der Waals surface area contributed by atoms with Gasteiger partial charge in [0.25, 0.3) is 0 Å². The first-order valence-corrected chi connectivity index (χ1v) is 6.85. The summed E-state index contributed by atoms with van der Waals surface area (Å²) in [6.07, 6.45) is 3.10. The van der Waals surface area contributed by atoms with E-state index in [-0.39, 0.29) is 12.6 Å². The second kappa shape index (κ2) is 5.94. The fourth-order valence-corrected chi connectivity index (χ4v) is 2.65. The lowest BCUT2D eigenvalue weighted by Gasteiger charge is -2.26. The van der Waals surface area contributed by atoms with E-state index in [0.29, 0.717) is 12.8 Å². The first kappa shape index (κ1) is 14.4. The molecule has 2 N–H and O–H groups in total. The zero-order valence-corrected chi connectivity index (χ0v) is 11.6. The largest absolute Gasteiger partial charge is 0.481 e. The molecular weight excluding hydrogens is 256 g/mol. The number of carbonyl (C=O) groups excluding carboxylic acids is 1. The molecule has 1 aliphatic rings. The number of nitrogens with zero attached hydrogens (tertiary/aromatic N) is 1. The first-order valence-electron chi connectivity index (χ1n) is 6.85. The summed E-state index contributed by atoms with van der Waals surface area (Å²) in [4.78, 5) is 25.0. The number of amides is 2. The molecule has 2 amide bonds. The van der Waals surface area contributed by atoms with Crippen molar-refractivity contribution >= 4 is 17.7 Å². The van der Waals surface area contributed by atoms with Gasteiger partial charge in [0.05, 0.1) is 5.41 Å². The quantitative estimate of drug-likeness (QED) is 0.887. The molecule has 0 saturated heterocycles. The van der Waals surface area contributed by atoms with E-state index >= 15 is 0 Å². The number of carboxylic acids is 1. The molecule has 2 rings (SSSR count). The summed E-state index contributed by atoms with van der Waals surface area (Å²) in [5, 5.41) is 12.1. The van der Waals surface area contributed by atoms with Gasteiger partial charge in [-0.2, -0.15) is 0 Å². The molecule has 1 fully saturated rings. The molecule has 108 valence electrons. The number of rotatable bonds is 4. The molecule has 1 aromatic rings. The van der Waals surface area contributed by atoms with Gasteiger partial charge in [-0.25, -0.2) is 4.79 Å². The van der Waals surface area contributed by atoms with Gasteiger partial charge in [0, 0.05) is 19.3 Å². The third-order valence-corrected chi connectivity index (χ3v) is 4.04. The molecule has 0 spiro atoms. The third kappa shape index (κ3) is 2.92. The summed E-state index contributed by atoms with van der Waals surface area (Å²) < 4.78 is 0. The normalized spacial score (nSPS) is 16.6. The Morgan fingerprint density at radius 2 is 1.85 bits per heavy atom. The number of urea groups is 1. The molecule has 0 aromatic heterocycles. The number of carboxylic acid groups (broad SMARTS) is 1. The summed E-state index contributed by atoms with van der Waals surface area (Å²) in [5.74, 6) is -0.808. The number of hydrogen-bond acceptors (Lipinski definition) is 2. The first-order chi connectivity index (χ1) is 9.55. The minimum atomic E-state index is -0.808. The average Bonchev–Trinajstić information content (AvgIpc) is 2.95. The van der Waals surface area contributed by atoms with Crippen LogP contribution in [0.25, 0.3) is 0 Å². The van der Waals surface area contributed by atoms with Crippen molar-refractivity contribution in [3.63, 3.8) is 0 Å². The summed E-state index contributed by atoms with van der Waals surface area (Å²) in [6, 6.07) is 8.99. The van der Waals surface area contributed by atoms with E-state index in [1.165, 1.54) is 4.90 Å². The van der Waals surface area contributed by atoms with Gasteiger partial charge in [-0.05, 0) is 25.0 Å². The van der Waals surface area contributed by atoms with Crippen molar-refractivity contribution < 1.29 is 14.7 Å². The molecule has 0 radical (unpaired) electrons. The Labute approximate surface area is 118 Å². The van der Waals surface area contributed by atoms with Crippen LogP contribution < -0.4 is 10.2 Å². The van der Waals surface area contributed by atoms with Crippen LogP contribution in [0.3, 0.4) is 0 Å². The predicted octanol–water partition coefficient (Wildman–Crippen LogP) is 2.48. The molecule has 1 aliphatic carbocycles. The summed E-state index contributed by atoms with van der Waals surface area (Å²) >= 11 is 0. The molecule has 5 nitrogen and oxygen atoms in total. The molecular formula is C15H20N2O3. The van der Waals surface area contributed by atoms with Crippen LogP contribution in [-0.2, 0) is 4.79 Å². The van der Waals surface area contributed by atoms with Crippen LogP contribution in [0.4, 0.5) is 10.5 Å². The molecule has 5 heteroatoms. The Morgan fingerprint density at radius 3 is 2.40 bits per heavy atom. The number of benzene rings is 1. The van der Waals surface area contributed by atoms with E-state index in [0.717, 1.165) is 18.5 Å². The Bertz CT molecular complexity index is 481. The van der Waals surface area contributed by atoms with E-state index in [1.807, 2.05) is 30.3 Å². The molecule has 1 saturated carbocycles. The average molecular weight is 276 g/mol. The highest BCUT2D eigenvalue weighted by atomic mass is 16.4. The van der Waals surface area contributed by atoms with Gasteiger partial charge in [0.15, 0.2) is 0 Å². The maximum Gasteiger partial charge on any atom is 0.321 e. The van der Waals surface area contributed by atoms with Gasteiger partial charge < -0.3 is 10.4 Å². The van der Waals surface area contributed by atoms with Crippen LogP contribution in [0.15, 0.2) is 30.3 Å². The van der Waals surface area contributed by atoms with E-state index in [2.05, 4.69) is 5.32 Å². The number of anilines is 1. The Balaban J connectivity index is 1.96. The van der Waals surface area contributed by atoms with E-state index in [9.17, 15) is 14.7 Å². The molecule has 1 aromatic carbocycles. The Kier molecular flexibility index (Phi) is 4.27. The molecule has 0 aliphatic heterocycles. The minimum absolute atomic E-state index is 0.193. The van der Waals surface area contributed by atoms with Gasteiger partial charge in [0.1, 0.15) is 0 Å². The second-order valence-electron chi connectivity index (χ2n) is 5.35. The molecule has 0 heterocycles. The van der Waals surface area contributed by atoms with Crippen molar-refractivity contribution in [3.8, 4) is 0 Å². The second-order valence-corrected chi connectivity index (χ2v) is 5.35. The van der Waals surface area contributed by atoms with E-state index in [4.69, 9.17) is 0 Å². The van der Waals surface area contributed by atoms with E-state index in [1.54, 1.807) is 7.05 Å². The van der Waals surface area contributed by atoms with Gasteiger partial charge in [-0.1, -0.05) is 31.0 Å². The molecule has 0 bridgehead atoms. The van der Waals surface area contributed by atoms with Gasteiger partial charge in [-0.15, -0.1) is 0 Å². The lowest BCUT2D eigenvalue weighted by atomic mass is 9.86. The Morgan fingerprint density at radius 1 is 1.25 bits per heavy atom. The lowest BCUT2D eigenvalue weighted by Crippen LogP contribution is -2.45. The maximum atomic E-state index is 12.1. The van der Waals surface area contributed by atoms with Crippen LogP contribution in [0.5, 0.6) is 0 Å². The number of hydrogen-bond donors (Lipinski definition) is 2. The van der Waals surface area contributed by atoms with Crippen molar-refractivity contribution in [1.29, 1.82) is 0 Å². The van der Waals surface area contributed by atoms with Crippen molar-refractivity contribution in [2.24, 2.45) is 5.41 Å². The summed E-state index contributed by atoms with van der Waals surface area (Å²) in [7, 11) is 1.67. The zero-order chi connectivity index (χ0) is 14.6. The summed E-state index contributed by atoms with van der Waals surface area (Å²) in [6.45, 7) is 0.193. The Hall–Kier alpha value is -2.04. The standard InChI is InChI=1S/C15H20N2O3/c1-17(12-7-3-2-4-8-12)14(20)16-11-15(13(18)19)9-5-6-10-15/h2-4,7-8H,5-6,9-11H2,1H3,(H,16,20)(H,18,19). The highest BCUT2D eigenvalue weighted by molar-refractivity contribution is 5.91. The van der Waals surface area contributed by atoms with Crippen LogP contribution in [0.2, 0.25) is 0 Å². The molecule has 0 atom stereocenters. The van der Waals surface area contributed by atoms with Crippen LogP contribution in [0.1, 0.15) is 25.7 Å².